The summed E-state index contributed by atoms with van der Waals surface area (Å²) in [5.74, 6) is 0. The van der Waals surface area contributed by atoms with Gasteiger partial charge in [0.25, 0.3) is 0 Å². The Bertz CT molecular complexity index is 827. The first-order valence-electron chi connectivity index (χ1n) is 5.87. The first kappa shape index (κ1) is 12.0. The topological polar surface area (TPSA) is 47.3 Å². The summed E-state index contributed by atoms with van der Waals surface area (Å²) in [6.45, 7) is 1.92. The Balaban J connectivity index is 2.22. The summed E-state index contributed by atoms with van der Waals surface area (Å²) in [6, 6.07) is 13.9. The second kappa shape index (κ2) is 4.24. The lowest BCUT2D eigenvalue weighted by Crippen LogP contribution is -2.00. The zero-order chi connectivity index (χ0) is 13.5. The Morgan fingerprint density at radius 1 is 0.947 bits per heavy atom. The lowest BCUT2D eigenvalue weighted by molar-refractivity contribution is 0.584. The highest BCUT2D eigenvalue weighted by Gasteiger charge is 2.22. The van der Waals surface area contributed by atoms with Gasteiger partial charge in [-0.3, -0.25) is 0 Å². The lowest BCUT2D eigenvalue weighted by atomic mass is 10.2. The summed E-state index contributed by atoms with van der Waals surface area (Å²) in [6.07, 6.45) is 1.31. The molecule has 1 aromatic heterocycles. The van der Waals surface area contributed by atoms with Crippen LogP contribution in [-0.2, 0) is 9.84 Å². The van der Waals surface area contributed by atoms with Gasteiger partial charge in [0.1, 0.15) is 16.7 Å². The van der Waals surface area contributed by atoms with Crippen molar-refractivity contribution in [2.24, 2.45) is 0 Å². The molecule has 0 N–H and O–H groups in total. The Labute approximate surface area is 111 Å². The Morgan fingerprint density at radius 2 is 1.63 bits per heavy atom. The van der Waals surface area contributed by atoms with Gasteiger partial charge in [0.05, 0.1) is 4.90 Å². The van der Waals surface area contributed by atoms with Crippen molar-refractivity contribution in [3.63, 3.8) is 0 Å². The van der Waals surface area contributed by atoms with E-state index in [4.69, 9.17) is 4.42 Å². The maximum absolute atomic E-state index is 12.6. The fourth-order valence-corrected chi connectivity index (χ4v) is 3.39. The minimum absolute atomic E-state index is 0.215. The van der Waals surface area contributed by atoms with Gasteiger partial charge in [-0.15, -0.1) is 0 Å². The van der Waals surface area contributed by atoms with Gasteiger partial charge < -0.3 is 4.42 Å². The Morgan fingerprint density at radius 3 is 2.37 bits per heavy atom. The van der Waals surface area contributed by atoms with E-state index >= 15 is 0 Å². The second-order valence-electron chi connectivity index (χ2n) is 4.41. The molecule has 0 saturated carbocycles. The molecule has 0 amide bonds. The number of furan rings is 1. The number of para-hydroxylation sites is 1. The summed E-state index contributed by atoms with van der Waals surface area (Å²) in [5, 5.41) is 0.614. The van der Waals surface area contributed by atoms with Crippen LogP contribution in [0.5, 0.6) is 0 Å². The summed E-state index contributed by atoms with van der Waals surface area (Å²) < 4.78 is 30.4. The van der Waals surface area contributed by atoms with E-state index in [0.717, 1.165) is 5.56 Å². The van der Waals surface area contributed by atoms with Crippen LogP contribution >= 0.6 is 0 Å². The fourth-order valence-electron chi connectivity index (χ4n) is 2.01. The Hall–Kier alpha value is -2.07. The molecule has 96 valence electrons. The zero-order valence-electron chi connectivity index (χ0n) is 10.3. The first-order chi connectivity index (χ1) is 9.09. The average molecular weight is 272 g/mol. The van der Waals surface area contributed by atoms with Crippen molar-refractivity contribution >= 4 is 20.8 Å². The quantitative estimate of drug-likeness (QED) is 0.716. The van der Waals surface area contributed by atoms with Gasteiger partial charge in [-0.05, 0) is 31.2 Å². The molecule has 0 radical (unpaired) electrons. The number of rotatable bonds is 2. The molecule has 0 aliphatic carbocycles. The summed E-state index contributed by atoms with van der Waals surface area (Å²) >= 11 is 0. The molecule has 4 heteroatoms. The molecule has 3 aromatic rings. The van der Waals surface area contributed by atoms with Crippen LogP contribution in [0.25, 0.3) is 11.0 Å². The van der Waals surface area contributed by atoms with Crippen LogP contribution in [0.1, 0.15) is 5.56 Å². The normalized spacial score (nSPS) is 11.8. The van der Waals surface area contributed by atoms with Crippen LogP contribution in [0.15, 0.2) is 69.0 Å². The standard InChI is InChI=1S/C15H12O3S/c1-11-6-8-12(9-7-11)19(16,17)15-10-18-14-5-3-2-4-13(14)15/h2-10H,1H3. The molecule has 0 aliphatic heterocycles. The van der Waals surface area contributed by atoms with Gasteiger partial charge in [0, 0.05) is 5.39 Å². The number of aryl methyl sites for hydroxylation is 1. The van der Waals surface area contributed by atoms with Gasteiger partial charge in [0.15, 0.2) is 0 Å². The monoisotopic (exact) mass is 272 g/mol. The van der Waals surface area contributed by atoms with Crippen molar-refractivity contribution in [3.05, 3.63) is 60.4 Å². The van der Waals surface area contributed by atoms with E-state index < -0.39 is 9.84 Å². The van der Waals surface area contributed by atoms with Crippen molar-refractivity contribution in [2.75, 3.05) is 0 Å². The van der Waals surface area contributed by atoms with Crippen LogP contribution < -0.4 is 0 Å². The van der Waals surface area contributed by atoms with Crippen LogP contribution in [0.3, 0.4) is 0 Å². The molecule has 3 nitrogen and oxygen atoms in total. The van der Waals surface area contributed by atoms with E-state index in [2.05, 4.69) is 0 Å². The fraction of sp³-hybridized carbons (Fsp3) is 0.0667. The van der Waals surface area contributed by atoms with Crippen molar-refractivity contribution in [1.29, 1.82) is 0 Å². The summed E-state index contributed by atoms with van der Waals surface area (Å²) in [5.41, 5.74) is 1.60. The zero-order valence-corrected chi connectivity index (χ0v) is 11.1. The maximum atomic E-state index is 12.6. The third kappa shape index (κ3) is 1.94. The molecule has 0 spiro atoms. The van der Waals surface area contributed by atoms with E-state index in [1.807, 2.05) is 13.0 Å². The molecular weight excluding hydrogens is 260 g/mol. The van der Waals surface area contributed by atoms with Gasteiger partial charge in [0.2, 0.25) is 9.84 Å². The smallest absolute Gasteiger partial charge is 0.210 e. The number of hydrogen-bond acceptors (Lipinski definition) is 3. The number of hydrogen-bond donors (Lipinski definition) is 0. The molecule has 1 heterocycles. The van der Waals surface area contributed by atoms with Gasteiger partial charge in [-0.25, -0.2) is 8.42 Å². The summed E-state index contributed by atoms with van der Waals surface area (Å²) in [7, 11) is -3.53. The highest BCUT2D eigenvalue weighted by atomic mass is 32.2. The first-order valence-corrected chi connectivity index (χ1v) is 7.35. The maximum Gasteiger partial charge on any atom is 0.210 e. The van der Waals surface area contributed by atoms with Gasteiger partial charge in [-0.1, -0.05) is 29.8 Å². The second-order valence-corrected chi connectivity index (χ2v) is 6.33. The summed E-state index contributed by atoms with van der Waals surface area (Å²) in [4.78, 5) is 0.497. The lowest BCUT2D eigenvalue weighted by Gasteiger charge is -2.02. The van der Waals surface area contributed by atoms with Crippen molar-refractivity contribution in [3.8, 4) is 0 Å². The molecule has 0 saturated heterocycles. The molecule has 19 heavy (non-hydrogen) atoms. The molecule has 2 aromatic carbocycles. The minimum atomic E-state index is -3.53. The molecule has 0 unspecified atom stereocenters. The van der Waals surface area contributed by atoms with Crippen LogP contribution in [0.4, 0.5) is 0 Å². The van der Waals surface area contributed by atoms with Gasteiger partial charge >= 0.3 is 0 Å². The third-order valence-electron chi connectivity index (χ3n) is 3.07. The van der Waals surface area contributed by atoms with Crippen LogP contribution in [-0.4, -0.2) is 8.42 Å². The number of sulfone groups is 1. The number of benzene rings is 2. The van der Waals surface area contributed by atoms with E-state index in [-0.39, 0.29) is 9.79 Å². The van der Waals surface area contributed by atoms with Crippen molar-refractivity contribution < 1.29 is 12.8 Å². The molecule has 0 bridgehead atoms. The average Bonchev–Trinajstić information content (AvgIpc) is 2.83. The predicted octanol–water partition coefficient (Wildman–Crippen LogP) is 3.57. The van der Waals surface area contributed by atoms with Crippen molar-refractivity contribution in [1.82, 2.24) is 0 Å². The molecule has 0 aliphatic rings. The number of fused-ring (bicyclic) bond motifs is 1. The third-order valence-corrected chi connectivity index (χ3v) is 4.85. The molecule has 3 rings (SSSR count). The predicted molar refractivity (Wildman–Crippen MR) is 72.8 cm³/mol. The van der Waals surface area contributed by atoms with Crippen LogP contribution in [0, 0.1) is 6.92 Å². The highest BCUT2D eigenvalue weighted by molar-refractivity contribution is 7.91. The molecular formula is C15H12O3S. The van der Waals surface area contributed by atoms with E-state index in [1.165, 1.54) is 6.26 Å². The van der Waals surface area contributed by atoms with E-state index in [1.54, 1.807) is 42.5 Å². The largest absolute Gasteiger partial charge is 0.463 e. The van der Waals surface area contributed by atoms with Gasteiger partial charge in [-0.2, -0.15) is 0 Å². The molecule has 0 atom stereocenters. The Kier molecular flexibility index (Phi) is 2.68. The SMILES string of the molecule is Cc1ccc(S(=O)(=O)c2coc3ccccc23)cc1. The molecule has 0 fully saturated rings. The van der Waals surface area contributed by atoms with Crippen LogP contribution in [0.2, 0.25) is 0 Å². The highest BCUT2D eigenvalue weighted by Crippen LogP contribution is 2.29. The minimum Gasteiger partial charge on any atom is -0.463 e. The van der Waals surface area contributed by atoms with E-state index in [0.29, 0.717) is 11.0 Å². The van der Waals surface area contributed by atoms with E-state index in [9.17, 15) is 8.42 Å². The van der Waals surface area contributed by atoms with Crippen molar-refractivity contribution in [2.45, 2.75) is 16.7 Å².